The van der Waals surface area contributed by atoms with Gasteiger partial charge in [0.15, 0.2) is 0 Å². The minimum atomic E-state index is -0.115. The van der Waals surface area contributed by atoms with Crippen molar-refractivity contribution in [1.29, 1.82) is 0 Å². The first-order valence-corrected chi connectivity index (χ1v) is 7.42. The molecule has 116 valence electrons. The molecule has 4 nitrogen and oxygen atoms in total. The Balaban J connectivity index is 4.93. The third-order valence-electron chi connectivity index (χ3n) is 3.10. The average Bonchev–Trinajstić information content (AvgIpc) is 2.23. The number of amides is 2. The molecule has 0 fully saturated rings. The highest BCUT2D eigenvalue weighted by Gasteiger charge is 2.20. The molecule has 4 heteroatoms. The van der Waals surface area contributed by atoms with Crippen molar-refractivity contribution in [3.8, 4) is 0 Å². The molecule has 0 heterocycles. The largest absolute Gasteiger partial charge is 0.334 e. The molecule has 0 aromatic heterocycles. The van der Waals surface area contributed by atoms with Crippen LogP contribution in [0.3, 0.4) is 0 Å². The number of nitrogens with zero attached hydrogens (tertiary/aromatic N) is 2. The Kier molecular flexibility index (Phi) is 7.54. The molecule has 0 saturated heterocycles. The SMILES string of the molecule is CC(C)N(C(=O)/C=C\C(=O)N(C(C)C)C(C)C)C(C)C. The number of hydrogen-bond acceptors (Lipinski definition) is 2. The van der Waals surface area contributed by atoms with E-state index < -0.39 is 0 Å². The van der Waals surface area contributed by atoms with E-state index in [1.807, 2.05) is 55.4 Å². The van der Waals surface area contributed by atoms with Crippen molar-refractivity contribution in [2.75, 3.05) is 0 Å². The zero-order chi connectivity index (χ0) is 16.0. The van der Waals surface area contributed by atoms with Crippen molar-refractivity contribution in [3.05, 3.63) is 12.2 Å². The second-order valence-corrected chi connectivity index (χ2v) is 6.20. The van der Waals surface area contributed by atoms with E-state index in [1.54, 1.807) is 9.80 Å². The molecule has 0 aliphatic heterocycles. The van der Waals surface area contributed by atoms with Gasteiger partial charge in [-0.05, 0) is 55.4 Å². The van der Waals surface area contributed by atoms with Crippen LogP contribution in [0.25, 0.3) is 0 Å². The van der Waals surface area contributed by atoms with Gasteiger partial charge in [0, 0.05) is 36.3 Å². The molecule has 0 aliphatic carbocycles. The van der Waals surface area contributed by atoms with E-state index in [2.05, 4.69) is 0 Å². The van der Waals surface area contributed by atoms with Crippen LogP contribution in [0.2, 0.25) is 0 Å². The molecular weight excluding hydrogens is 252 g/mol. The van der Waals surface area contributed by atoms with E-state index in [9.17, 15) is 9.59 Å². The van der Waals surface area contributed by atoms with Crippen LogP contribution in [-0.2, 0) is 9.59 Å². The second kappa shape index (κ2) is 8.08. The molecule has 0 saturated carbocycles. The summed E-state index contributed by atoms with van der Waals surface area (Å²) in [7, 11) is 0. The molecule has 0 N–H and O–H groups in total. The fraction of sp³-hybridized carbons (Fsp3) is 0.750. The first-order chi connectivity index (χ1) is 9.09. The molecule has 20 heavy (non-hydrogen) atoms. The number of carbonyl (C=O) groups is 2. The molecule has 0 aromatic rings. The summed E-state index contributed by atoms with van der Waals surface area (Å²) in [5.41, 5.74) is 0. The predicted octanol–water partition coefficient (Wildman–Crippen LogP) is 2.83. The maximum absolute atomic E-state index is 12.2. The van der Waals surface area contributed by atoms with Crippen molar-refractivity contribution >= 4 is 11.8 Å². The van der Waals surface area contributed by atoms with Crippen LogP contribution in [0.1, 0.15) is 55.4 Å². The van der Waals surface area contributed by atoms with Gasteiger partial charge >= 0.3 is 0 Å². The van der Waals surface area contributed by atoms with Gasteiger partial charge in [0.2, 0.25) is 11.8 Å². The highest BCUT2D eigenvalue weighted by Crippen LogP contribution is 2.08. The number of carbonyl (C=O) groups excluding carboxylic acids is 2. The zero-order valence-electron chi connectivity index (χ0n) is 14.2. The Morgan fingerprint density at radius 1 is 0.600 bits per heavy atom. The molecular formula is C16H30N2O2. The van der Waals surface area contributed by atoms with E-state index in [-0.39, 0.29) is 36.0 Å². The van der Waals surface area contributed by atoms with Gasteiger partial charge in [-0.2, -0.15) is 0 Å². The number of rotatable bonds is 6. The van der Waals surface area contributed by atoms with Crippen LogP contribution in [0.4, 0.5) is 0 Å². The maximum atomic E-state index is 12.2. The molecule has 0 unspecified atom stereocenters. The van der Waals surface area contributed by atoms with Crippen LogP contribution in [0.15, 0.2) is 12.2 Å². The number of hydrogen-bond donors (Lipinski definition) is 0. The van der Waals surface area contributed by atoms with E-state index in [1.165, 1.54) is 12.2 Å². The van der Waals surface area contributed by atoms with E-state index in [0.717, 1.165) is 0 Å². The molecule has 0 aromatic carbocycles. The van der Waals surface area contributed by atoms with E-state index in [4.69, 9.17) is 0 Å². The van der Waals surface area contributed by atoms with Crippen molar-refractivity contribution < 1.29 is 9.59 Å². The monoisotopic (exact) mass is 282 g/mol. The fourth-order valence-electron chi connectivity index (χ4n) is 2.53. The highest BCUT2D eigenvalue weighted by molar-refractivity contribution is 5.97. The van der Waals surface area contributed by atoms with E-state index >= 15 is 0 Å². The summed E-state index contributed by atoms with van der Waals surface area (Å²) in [5, 5.41) is 0. The average molecular weight is 282 g/mol. The molecule has 0 bridgehead atoms. The van der Waals surface area contributed by atoms with Crippen LogP contribution in [-0.4, -0.2) is 45.8 Å². The lowest BCUT2D eigenvalue weighted by Crippen LogP contribution is -2.42. The molecule has 0 atom stereocenters. The van der Waals surface area contributed by atoms with Gasteiger partial charge < -0.3 is 9.80 Å². The quantitative estimate of drug-likeness (QED) is 0.703. The Labute approximate surface area is 123 Å². The fourth-order valence-corrected chi connectivity index (χ4v) is 2.53. The summed E-state index contributed by atoms with van der Waals surface area (Å²) in [6.45, 7) is 15.8. The molecule has 0 rings (SSSR count). The van der Waals surface area contributed by atoms with Gasteiger partial charge in [-0.25, -0.2) is 0 Å². The topological polar surface area (TPSA) is 40.6 Å². The van der Waals surface area contributed by atoms with Gasteiger partial charge in [0.1, 0.15) is 0 Å². The summed E-state index contributed by atoms with van der Waals surface area (Å²) in [6.07, 6.45) is 2.78. The predicted molar refractivity (Wildman–Crippen MR) is 83.4 cm³/mol. The van der Waals surface area contributed by atoms with Crippen molar-refractivity contribution in [1.82, 2.24) is 9.80 Å². The Morgan fingerprint density at radius 2 is 0.800 bits per heavy atom. The van der Waals surface area contributed by atoms with Crippen LogP contribution < -0.4 is 0 Å². The van der Waals surface area contributed by atoms with Gasteiger partial charge in [0.25, 0.3) is 0 Å². The lowest BCUT2D eigenvalue weighted by atomic mass is 10.2. The Bertz CT molecular complexity index is 307. The van der Waals surface area contributed by atoms with Crippen LogP contribution in [0, 0.1) is 0 Å². The van der Waals surface area contributed by atoms with Gasteiger partial charge in [-0.1, -0.05) is 0 Å². The van der Waals surface area contributed by atoms with Gasteiger partial charge in [-0.15, -0.1) is 0 Å². The first-order valence-electron chi connectivity index (χ1n) is 7.42. The lowest BCUT2D eigenvalue weighted by molar-refractivity contribution is -0.132. The molecule has 0 aliphatic rings. The summed E-state index contributed by atoms with van der Waals surface area (Å²) < 4.78 is 0. The summed E-state index contributed by atoms with van der Waals surface area (Å²) in [6, 6.07) is 0.476. The smallest absolute Gasteiger partial charge is 0.247 e. The summed E-state index contributed by atoms with van der Waals surface area (Å²) in [4.78, 5) is 27.8. The summed E-state index contributed by atoms with van der Waals surface area (Å²) >= 11 is 0. The van der Waals surface area contributed by atoms with Crippen molar-refractivity contribution in [2.45, 2.75) is 79.6 Å². The van der Waals surface area contributed by atoms with Crippen LogP contribution >= 0.6 is 0 Å². The molecule has 0 spiro atoms. The van der Waals surface area contributed by atoms with Crippen molar-refractivity contribution in [2.24, 2.45) is 0 Å². The molecule has 2 amide bonds. The summed E-state index contributed by atoms with van der Waals surface area (Å²) in [5.74, 6) is -0.230. The lowest BCUT2D eigenvalue weighted by Gasteiger charge is -2.31. The van der Waals surface area contributed by atoms with Crippen molar-refractivity contribution in [3.63, 3.8) is 0 Å². The highest BCUT2D eigenvalue weighted by atomic mass is 16.2. The minimum absolute atomic E-state index is 0.115. The van der Waals surface area contributed by atoms with E-state index in [0.29, 0.717) is 0 Å². The third kappa shape index (κ3) is 5.35. The third-order valence-corrected chi connectivity index (χ3v) is 3.10. The standard InChI is InChI=1S/C16H30N2O2/c1-11(2)17(12(3)4)15(19)9-10-16(20)18(13(5)6)14(7)8/h9-14H,1-8H3/b10-9-. The Hall–Kier alpha value is -1.32. The Morgan fingerprint density at radius 3 is 0.950 bits per heavy atom. The molecule has 0 radical (unpaired) electrons. The van der Waals surface area contributed by atoms with Gasteiger partial charge in [-0.3, -0.25) is 9.59 Å². The normalized spacial score (nSPS) is 12.0. The first kappa shape index (κ1) is 18.7. The maximum Gasteiger partial charge on any atom is 0.247 e. The second-order valence-electron chi connectivity index (χ2n) is 6.20. The van der Waals surface area contributed by atoms with Crippen LogP contribution in [0.5, 0.6) is 0 Å². The zero-order valence-corrected chi connectivity index (χ0v) is 14.2. The van der Waals surface area contributed by atoms with Gasteiger partial charge in [0.05, 0.1) is 0 Å². The minimum Gasteiger partial charge on any atom is -0.334 e.